The van der Waals surface area contributed by atoms with Gasteiger partial charge in [-0.25, -0.2) is 0 Å². The lowest BCUT2D eigenvalue weighted by Crippen LogP contribution is -2.27. The average molecular weight is 574 g/mol. The zero-order chi connectivity index (χ0) is 20.3. The number of benzene rings is 2. The van der Waals surface area contributed by atoms with E-state index in [0.29, 0.717) is 23.0 Å². The molecule has 1 saturated heterocycles. The molecule has 1 aliphatic rings. The van der Waals surface area contributed by atoms with E-state index in [1.807, 2.05) is 43.3 Å². The van der Waals surface area contributed by atoms with Crippen molar-refractivity contribution in [2.75, 3.05) is 13.7 Å². The molecule has 28 heavy (non-hydrogen) atoms. The number of carbonyl (C=O) groups excluding carboxylic acids is 2. The number of nitrogens with zero attached hydrogens (tertiary/aromatic N) is 1. The van der Waals surface area contributed by atoms with Crippen LogP contribution in [0.15, 0.2) is 45.8 Å². The van der Waals surface area contributed by atoms with E-state index in [4.69, 9.17) is 9.47 Å². The lowest BCUT2D eigenvalue weighted by molar-refractivity contribution is -0.123. The van der Waals surface area contributed by atoms with Crippen molar-refractivity contribution in [1.82, 2.24) is 4.90 Å². The average Bonchev–Trinajstić information content (AvgIpc) is 2.91. The molecule has 2 aromatic rings. The van der Waals surface area contributed by atoms with E-state index < -0.39 is 0 Å². The number of methoxy groups -OCH3 is 1. The van der Waals surface area contributed by atoms with Gasteiger partial charge in [0.25, 0.3) is 11.1 Å². The summed E-state index contributed by atoms with van der Waals surface area (Å²) in [4.78, 5) is 26.8. The first-order valence-corrected chi connectivity index (χ1v) is 11.1. The number of hydrogen-bond donors (Lipinski definition) is 0. The topological polar surface area (TPSA) is 55.8 Å². The van der Waals surface area contributed by atoms with Crippen LogP contribution in [0.2, 0.25) is 0 Å². The standard InChI is InChI=1S/C20H17BrINO4S/c1-3-27-16-9-13(8-15(22)18(16)26-2)10-17-19(24)23(20(25)28-17)11-12-4-6-14(21)7-5-12/h4-10H,3,11H2,1-2H3/b17-10-. The number of thioether (sulfide) groups is 1. The second kappa shape index (κ2) is 9.32. The molecule has 8 heteroatoms. The summed E-state index contributed by atoms with van der Waals surface area (Å²) in [5, 5.41) is -0.271. The zero-order valence-electron chi connectivity index (χ0n) is 15.2. The Hall–Kier alpha value is -1.52. The summed E-state index contributed by atoms with van der Waals surface area (Å²) in [6.45, 7) is 2.64. The molecule has 1 fully saturated rings. The second-order valence-electron chi connectivity index (χ2n) is 5.86. The summed E-state index contributed by atoms with van der Waals surface area (Å²) in [5.74, 6) is 0.974. The Labute approximate surface area is 189 Å². The number of halogens is 2. The molecular weight excluding hydrogens is 557 g/mol. The molecule has 0 radical (unpaired) electrons. The molecule has 5 nitrogen and oxygen atoms in total. The van der Waals surface area contributed by atoms with Crippen LogP contribution in [0.1, 0.15) is 18.1 Å². The molecule has 0 saturated carbocycles. The van der Waals surface area contributed by atoms with Gasteiger partial charge in [0.2, 0.25) is 0 Å². The van der Waals surface area contributed by atoms with Crippen LogP contribution in [0.25, 0.3) is 6.08 Å². The Morgan fingerprint density at radius 1 is 1.21 bits per heavy atom. The minimum Gasteiger partial charge on any atom is -0.492 e. The maximum atomic E-state index is 12.8. The highest BCUT2D eigenvalue weighted by molar-refractivity contribution is 14.1. The van der Waals surface area contributed by atoms with Gasteiger partial charge in [-0.2, -0.15) is 0 Å². The van der Waals surface area contributed by atoms with Gasteiger partial charge in [-0.05, 0) is 82.7 Å². The van der Waals surface area contributed by atoms with E-state index in [1.165, 1.54) is 4.90 Å². The van der Waals surface area contributed by atoms with E-state index in [9.17, 15) is 9.59 Å². The minimum absolute atomic E-state index is 0.250. The first-order chi connectivity index (χ1) is 13.4. The summed E-state index contributed by atoms with van der Waals surface area (Å²) in [6, 6.07) is 11.3. The Kier molecular flexibility index (Phi) is 7.05. The van der Waals surface area contributed by atoms with E-state index in [-0.39, 0.29) is 17.7 Å². The van der Waals surface area contributed by atoms with Crippen molar-refractivity contribution in [3.05, 3.63) is 60.5 Å². The van der Waals surface area contributed by atoms with Gasteiger partial charge in [0.15, 0.2) is 11.5 Å². The SMILES string of the molecule is CCOc1cc(/C=C2\SC(=O)N(Cc3ccc(Br)cc3)C2=O)cc(I)c1OC. The maximum Gasteiger partial charge on any atom is 0.293 e. The van der Waals surface area contributed by atoms with Crippen molar-refractivity contribution in [2.45, 2.75) is 13.5 Å². The van der Waals surface area contributed by atoms with Crippen LogP contribution in [-0.4, -0.2) is 29.8 Å². The highest BCUT2D eigenvalue weighted by Gasteiger charge is 2.35. The quantitative estimate of drug-likeness (QED) is 0.328. The number of ether oxygens (including phenoxy) is 2. The fraction of sp³-hybridized carbons (Fsp3) is 0.200. The normalized spacial score (nSPS) is 15.4. The minimum atomic E-state index is -0.290. The number of amides is 2. The Morgan fingerprint density at radius 2 is 1.93 bits per heavy atom. The van der Waals surface area contributed by atoms with Crippen molar-refractivity contribution >= 4 is 67.5 Å². The van der Waals surface area contributed by atoms with E-state index in [1.54, 1.807) is 13.2 Å². The van der Waals surface area contributed by atoms with Crippen LogP contribution in [0.3, 0.4) is 0 Å². The van der Waals surface area contributed by atoms with Crippen molar-refractivity contribution in [1.29, 1.82) is 0 Å². The fourth-order valence-electron chi connectivity index (χ4n) is 2.69. The highest BCUT2D eigenvalue weighted by Crippen LogP contribution is 2.37. The van der Waals surface area contributed by atoms with E-state index in [0.717, 1.165) is 30.9 Å². The van der Waals surface area contributed by atoms with Crippen molar-refractivity contribution in [3.63, 3.8) is 0 Å². The predicted molar refractivity (Wildman–Crippen MR) is 123 cm³/mol. The predicted octanol–water partition coefficient (Wildman–Crippen LogP) is 5.70. The van der Waals surface area contributed by atoms with Gasteiger partial charge in [-0.3, -0.25) is 14.5 Å². The fourth-order valence-corrected chi connectivity index (χ4v) is 4.64. The summed E-state index contributed by atoms with van der Waals surface area (Å²) in [6.07, 6.45) is 1.72. The highest BCUT2D eigenvalue weighted by atomic mass is 127. The molecule has 0 atom stereocenters. The molecule has 1 aliphatic heterocycles. The molecule has 2 amide bonds. The van der Waals surface area contributed by atoms with Crippen molar-refractivity contribution in [3.8, 4) is 11.5 Å². The van der Waals surface area contributed by atoms with Crippen LogP contribution >= 0.6 is 50.3 Å². The Bertz CT molecular complexity index is 946. The van der Waals surface area contributed by atoms with E-state index in [2.05, 4.69) is 38.5 Å². The number of rotatable bonds is 6. The smallest absolute Gasteiger partial charge is 0.293 e. The second-order valence-corrected chi connectivity index (χ2v) is 8.93. The Morgan fingerprint density at radius 3 is 2.57 bits per heavy atom. The third kappa shape index (κ3) is 4.72. The van der Waals surface area contributed by atoms with Gasteiger partial charge in [0.05, 0.1) is 28.7 Å². The van der Waals surface area contributed by atoms with Gasteiger partial charge in [-0.1, -0.05) is 28.1 Å². The largest absolute Gasteiger partial charge is 0.492 e. The zero-order valence-corrected chi connectivity index (χ0v) is 19.8. The number of imide groups is 1. The van der Waals surface area contributed by atoms with Crippen LogP contribution in [0.4, 0.5) is 4.79 Å². The first-order valence-electron chi connectivity index (χ1n) is 8.43. The summed E-state index contributed by atoms with van der Waals surface area (Å²) in [5.41, 5.74) is 1.67. The molecule has 0 spiro atoms. The number of carbonyl (C=O) groups is 2. The first kappa shape index (κ1) is 21.2. The van der Waals surface area contributed by atoms with Gasteiger partial charge in [0, 0.05) is 4.47 Å². The molecule has 146 valence electrons. The van der Waals surface area contributed by atoms with Crippen LogP contribution in [-0.2, 0) is 11.3 Å². The molecule has 0 N–H and O–H groups in total. The van der Waals surface area contributed by atoms with Crippen LogP contribution in [0, 0.1) is 3.57 Å². The number of hydrogen-bond acceptors (Lipinski definition) is 5. The van der Waals surface area contributed by atoms with Gasteiger partial charge < -0.3 is 9.47 Å². The molecule has 0 bridgehead atoms. The summed E-state index contributed by atoms with van der Waals surface area (Å²) >= 11 is 6.49. The lowest BCUT2D eigenvalue weighted by Gasteiger charge is -2.13. The maximum absolute atomic E-state index is 12.8. The molecule has 0 aromatic heterocycles. The Balaban J connectivity index is 1.86. The molecular formula is C20H17BrINO4S. The van der Waals surface area contributed by atoms with E-state index >= 15 is 0 Å². The van der Waals surface area contributed by atoms with Crippen LogP contribution < -0.4 is 9.47 Å². The third-order valence-corrected chi connectivity index (χ3v) is 6.20. The molecule has 1 heterocycles. The van der Waals surface area contributed by atoms with Gasteiger partial charge in [-0.15, -0.1) is 0 Å². The van der Waals surface area contributed by atoms with Gasteiger partial charge in [0.1, 0.15) is 0 Å². The summed E-state index contributed by atoms with van der Waals surface area (Å²) < 4.78 is 12.8. The summed E-state index contributed by atoms with van der Waals surface area (Å²) in [7, 11) is 1.59. The van der Waals surface area contributed by atoms with Crippen molar-refractivity contribution < 1.29 is 19.1 Å². The lowest BCUT2D eigenvalue weighted by atomic mass is 10.1. The van der Waals surface area contributed by atoms with Gasteiger partial charge >= 0.3 is 0 Å². The van der Waals surface area contributed by atoms with Crippen LogP contribution in [0.5, 0.6) is 11.5 Å². The monoisotopic (exact) mass is 573 g/mol. The molecule has 0 unspecified atom stereocenters. The molecule has 2 aromatic carbocycles. The molecule has 3 rings (SSSR count). The van der Waals surface area contributed by atoms with Crippen molar-refractivity contribution in [2.24, 2.45) is 0 Å². The molecule has 0 aliphatic carbocycles. The third-order valence-electron chi connectivity index (χ3n) is 3.96.